The number of pyridine rings is 1. The first-order valence-electron chi connectivity index (χ1n) is 10.6. The van der Waals surface area contributed by atoms with Crippen molar-refractivity contribution in [2.24, 2.45) is 0 Å². The van der Waals surface area contributed by atoms with Gasteiger partial charge in [0.25, 0.3) is 0 Å². The van der Waals surface area contributed by atoms with Crippen LogP contribution in [0.25, 0.3) is 33.3 Å². The number of para-hydroxylation sites is 1. The summed E-state index contributed by atoms with van der Waals surface area (Å²) in [5, 5.41) is 13.5. The molecule has 0 amide bonds. The van der Waals surface area contributed by atoms with Gasteiger partial charge in [0.2, 0.25) is 0 Å². The maximum Gasteiger partial charge on any atom is 0.142 e. The molecule has 1 heterocycles. The van der Waals surface area contributed by atoms with Gasteiger partial charge < -0.3 is 5.11 Å². The van der Waals surface area contributed by atoms with Crippen LogP contribution in [0.2, 0.25) is 0 Å². The van der Waals surface area contributed by atoms with Gasteiger partial charge in [-0.05, 0) is 24.1 Å². The average Bonchev–Trinajstić information content (AvgIpc) is 3.09. The molecule has 2 nitrogen and oxygen atoms in total. The lowest BCUT2D eigenvalue weighted by molar-refractivity contribution is 0.132. The Balaban J connectivity index is 1.84. The Labute approximate surface area is 181 Å². The molecule has 1 aliphatic rings. The largest absolute Gasteiger partial charge is 0.376 e. The van der Waals surface area contributed by atoms with Crippen molar-refractivity contribution in [3.8, 4) is 22.4 Å². The Kier molecular flexibility index (Phi) is 3.86. The summed E-state index contributed by atoms with van der Waals surface area (Å²) < 4.78 is 0. The number of nitrogens with zero attached hydrogens (tertiary/aromatic N) is 1. The molecule has 1 N–H and O–H groups in total. The van der Waals surface area contributed by atoms with E-state index in [1.165, 1.54) is 0 Å². The zero-order valence-electron chi connectivity index (χ0n) is 17.2. The number of hydrogen-bond acceptors (Lipinski definition) is 2. The minimum Gasteiger partial charge on any atom is -0.376 e. The summed E-state index contributed by atoms with van der Waals surface area (Å²) in [5.41, 5.74) is 7.54. The first-order chi connectivity index (χ1) is 15.2. The topological polar surface area (TPSA) is 33.1 Å². The molecule has 5 aromatic rings. The van der Waals surface area contributed by atoms with Crippen LogP contribution >= 0.6 is 0 Å². The second-order valence-corrected chi connectivity index (χ2v) is 8.22. The molecular weight excluding hydrogens is 378 g/mol. The van der Waals surface area contributed by atoms with E-state index in [2.05, 4.69) is 43.3 Å². The van der Waals surface area contributed by atoms with E-state index in [4.69, 9.17) is 4.98 Å². The van der Waals surface area contributed by atoms with Crippen LogP contribution in [0.5, 0.6) is 0 Å². The van der Waals surface area contributed by atoms with E-state index in [-0.39, 0.29) is 0 Å². The first kappa shape index (κ1) is 18.1. The monoisotopic (exact) mass is 399 g/mol. The minimum atomic E-state index is -1.24. The fourth-order valence-electron chi connectivity index (χ4n) is 4.95. The highest BCUT2D eigenvalue weighted by Gasteiger charge is 2.46. The van der Waals surface area contributed by atoms with Crippen LogP contribution in [0.15, 0.2) is 103 Å². The van der Waals surface area contributed by atoms with Crippen molar-refractivity contribution < 1.29 is 5.11 Å². The van der Waals surface area contributed by atoms with Crippen LogP contribution in [-0.2, 0) is 5.60 Å². The zero-order chi connectivity index (χ0) is 21.0. The molecular formula is C29H21NO. The Hall–Kier alpha value is -3.75. The van der Waals surface area contributed by atoms with Gasteiger partial charge in [0.15, 0.2) is 0 Å². The normalized spacial score (nSPS) is 16.8. The molecule has 1 aromatic heterocycles. The SMILES string of the molecule is Cc1ccc2c(c1)-c1c(-c3ccccc3)nc3ccccc3c1C2(O)c1ccccc1. The second kappa shape index (κ2) is 6.63. The van der Waals surface area contributed by atoms with E-state index >= 15 is 0 Å². The maximum absolute atomic E-state index is 12.5. The van der Waals surface area contributed by atoms with Gasteiger partial charge in [-0.2, -0.15) is 0 Å². The number of aryl methyl sites for hydroxylation is 1. The van der Waals surface area contributed by atoms with Crippen LogP contribution in [0.4, 0.5) is 0 Å². The van der Waals surface area contributed by atoms with Gasteiger partial charge in [-0.15, -0.1) is 0 Å². The van der Waals surface area contributed by atoms with E-state index in [0.29, 0.717) is 0 Å². The molecule has 0 radical (unpaired) electrons. The second-order valence-electron chi connectivity index (χ2n) is 8.22. The Morgan fingerprint density at radius 3 is 2.19 bits per heavy atom. The van der Waals surface area contributed by atoms with E-state index in [1.54, 1.807) is 0 Å². The third kappa shape index (κ3) is 2.52. The summed E-state index contributed by atoms with van der Waals surface area (Å²) >= 11 is 0. The summed E-state index contributed by atoms with van der Waals surface area (Å²) in [7, 11) is 0. The molecule has 0 spiro atoms. The van der Waals surface area contributed by atoms with Crippen molar-refractivity contribution >= 4 is 10.9 Å². The number of fused-ring (bicyclic) bond motifs is 5. The van der Waals surface area contributed by atoms with Crippen molar-refractivity contribution in [1.82, 2.24) is 4.98 Å². The quantitative estimate of drug-likeness (QED) is 0.369. The van der Waals surface area contributed by atoms with Crippen LogP contribution < -0.4 is 0 Å². The lowest BCUT2D eigenvalue weighted by atomic mass is 9.82. The molecule has 148 valence electrons. The van der Waals surface area contributed by atoms with Gasteiger partial charge in [-0.1, -0.05) is 103 Å². The highest BCUT2D eigenvalue weighted by Crippen LogP contribution is 2.55. The van der Waals surface area contributed by atoms with Crippen LogP contribution in [0.1, 0.15) is 22.3 Å². The molecule has 4 aromatic carbocycles. The Morgan fingerprint density at radius 1 is 0.742 bits per heavy atom. The smallest absolute Gasteiger partial charge is 0.142 e. The summed E-state index contributed by atoms with van der Waals surface area (Å²) in [6.45, 7) is 2.09. The van der Waals surface area contributed by atoms with Crippen molar-refractivity contribution in [3.63, 3.8) is 0 Å². The van der Waals surface area contributed by atoms with Gasteiger partial charge in [-0.3, -0.25) is 0 Å². The number of aromatic nitrogens is 1. The van der Waals surface area contributed by atoms with E-state index in [0.717, 1.165) is 55.5 Å². The third-order valence-electron chi connectivity index (χ3n) is 6.33. The number of benzene rings is 4. The fraction of sp³-hybridized carbons (Fsp3) is 0.0690. The molecule has 31 heavy (non-hydrogen) atoms. The first-order valence-corrected chi connectivity index (χ1v) is 10.6. The molecule has 0 fully saturated rings. The van der Waals surface area contributed by atoms with Gasteiger partial charge in [0, 0.05) is 27.6 Å². The van der Waals surface area contributed by atoms with Crippen LogP contribution in [-0.4, -0.2) is 10.1 Å². The fourth-order valence-corrected chi connectivity index (χ4v) is 4.95. The van der Waals surface area contributed by atoms with Gasteiger partial charge >= 0.3 is 0 Å². The van der Waals surface area contributed by atoms with Gasteiger partial charge in [0.05, 0.1) is 11.2 Å². The minimum absolute atomic E-state index is 0.870. The molecule has 6 rings (SSSR count). The van der Waals surface area contributed by atoms with Crippen molar-refractivity contribution in [2.45, 2.75) is 12.5 Å². The summed E-state index contributed by atoms with van der Waals surface area (Å²) in [4.78, 5) is 5.09. The predicted molar refractivity (Wildman–Crippen MR) is 126 cm³/mol. The van der Waals surface area contributed by atoms with Gasteiger partial charge in [0.1, 0.15) is 5.60 Å². The standard InChI is InChI=1S/C29H21NO/c1-19-16-17-24-23(18-19)26-27(29(24,31)21-12-6-3-7-13-21)22-14-8-9-15-25(22)30-28(26)20-10-4-2-5-11-20/h2-18,31H,1H3. The average molecular weight is 399 g/mol. The molecule has 1 unspecified atom stereocenters. The number of aliphatic hydroxyl groups is 1. The van der Waals surface area contributed by atoms with E-state index < -0.39 is 5.60 Å². The molecule has 2 heteroatoms. The highest BCUT2D eigenvalue weighted by atomic mass is 16.3. The molecule has 0 saturated heterocycles. The Bertz CT molecular complexity index is 1440. The van der Waals surface area contributed by atoms with Crippen LogP contribution in [0.3, 0.4) is 0 Å². The molecule has 0 bridgehead atoms. The number of rotatable bonds is 2. The summed E-state index contributed by atoms with van der Waals surface area (Å²) in [6, 6.07) is 34.7. The van der Waals surface area contributed by atoms with Crippen molar-refractivity contribution in [3.05, 3.63) is 125 Å². The van der Waals surface area contributed by atoms with Gasteiger partial charge in [-0.25, -0.2) is 4.98 Å². The number of hydrogen-bond donors (Lipinski definition) is 1. The molecule has 1 atom stereocenters. The third-order valence-corrected chi connectivity index (χ3v) is 6.33. The predicted octanol–water partition coefficient (Wildman–Crippen LogP) is 6.47. The molecule has 0 aliphatic heterocycles. The molecule has 0 saturated carbocycles. The lowest BCUT2D eigenvalue weighted by Gasteiger charge is -2.28. The maximum atomic E-state index is 12.5. The zero-order valence-corrected chi connectivity index (χ0v) is 17.2. The van der Waals surface area contributed by atoms with Crippen molar-refractivity contribution in [1.29, 1.82) is 0 Å². The van der Waals surface area contributed by atoms with E-state index in [1.807, 2.05) is 66.7 Å². The summed E-state index contributed by atoms with van der Waals surface area (Å²) in [5.74, 6) is 0. The van der Waals surface area contributed by atoms with E-state index in [9.17, 15) is 5.11 Å². The Morgan fingerprint density at radius 2 is 1.42 bits per heavy atom. The lowest BCUT2D eigenvalue weighted by Crippen LogP contribution is -2.26. The molecule has 1 aliphatic carbocycles. The summed E-state index contributed by atoms with van der Waals surface area (Å²) in [6.07, 6.45) is 0. The van der Waals surface area contributed by atoms with Crippen molar-refractivity contribution in [2.75, 3.05) is 0 Å². The van der Waals surface area contributed by atoms with Crippen LogP contribution in [0, 0.1) is 6.92 Å². The highest BCUT2D eigenvalue weighted by molar-refractivity contribution is 6.02.